The van der Waals surface area contributed by atoms with Crippen molar-refractivity contribution in [1.29, 1.82) is 0 Å². The number of ether oxygens (including phenoxy) is 2. The Labute approximate surface area is 179 Å². The molecule has 0 amide bonds. The Morgan fingerprint density at radius 3 is 1.97 bits per heavy atom. The topological polar surface area (TPSA) is 52.6 Å². The largest absolute Gasteiger partial charge is 0.466 e. The van der Waals surface area contributed by atoms with Crippen molar-refractivity contribution < 1.29 is 19.1 Å². The first kappa shape index (κ1) is 27.5. The minimum Gasteiger partial charge on any atom is -0.466 e. The standard InChI is InChI=1S/C25H44O4/c1-4-7-9-15-19-23(6-3)29-25(27)21-17-14-12-11-13-16-20-24(26)28-22-18-10-8-5-2/h23H,4-8,10-14,16-22H2,1-3H3. The number of hydrogen-bond acceptors (Lipinski definition) is 4. The maximum absolute atomic E-state index is 11.9. The molecule has 0 rings (SSSR count). The van der Waals surface area contributed by atoms with E-state index >= 15 is 0 Å². The van der Waals surface area contributed by atoms with Gasteiger partial charge in [-0.15, -0.1) is 5.92 Å². The van der Waals surface area contributed by atoms with E-state index in [0.29, 0.717) is 25.9 Å². The summed E-state index contributed by atoms with van der Waals surface area (Å²) in [6.45, 7) is 6.88. The van der Waals surface area contributed by atoms with Crippen molar-refractivity contribution in [3.8, 4) is 11.8 Å². The third-order valence-corrected chi connectivity index (χ3v) is 4.86. The lowest BCUT2D eigenvalue weighted by Crippen LogP contribution is -2.16. The Kier molecular flexibility index (Phi) is 20.1. The second kappa shape index (κ2) is 21.2. The highest BCUT2D eigenvalue weighted by Crippen LogP contribution is 2.11. The Hall–Kier alpha value is -1.50. The second-order valence-corrected chi connectivity index (χ2v) is 7.73. The van der Waals surface area contributed by atoms with Crippen LogP contribution in [0.15, 0.2) is 0 Å². The van der Waals surface area contributed by atoms with E-state index in [1.54, 1.807) is 0 Å². The summed E-state index contributed by atoms with van der Waals surface area (Å²) in [5.41, 5.74) is 0. The summed E-state index contributed by atoms with van der Waals surface area (Å²) < 4.78 is 10.8. The van der Waals surface area contributed by atoms with E-state index in [2.05, 4.69) is 25.7 Å². The smallest absolute Gasteiger partial charge is 0.306 e. The predicted octanol–water partition coefficient (Wildman–Crippen LogP) is 6.75. The van der Waals surface area contributed by atoms with Gasteiger partial charge in [0.05, 0.1) is 6.61 Å². The number of carbonyl (C=O) groups excluding carboxylic acids is 2. The number of hydrogen-bond donors (Lipinski definition) is 0. The van der Waals surface area contributed by atoms with Crippen LogP contribution in [0.25, 0.3) is 0 Å². The van der Waals surface area contributed by atoms with E-state index in [4.69, 9.17) is 9.47 Å². The Bertz CT molecular complexity index is 461. The normalized spacial score (nSPS) is 11.4. The molecule has 4 heteroatoms. The molecule has 0 aromatic heterocycles. The van der Waals surface area contributed by atoms with Crippen LogP contribution in [0.5, 0.6) is 0 Å². The monoisotopic (exact) mass is 408 g/mol. The van der Waals surface area contributed by atoms with Crippen molar-refractivity contribution in [2.45, 2.75) is 130 Å². The van der Waals surface area contributed by atoms with Gasteiger partial charge < -0.3 is 9.47 Å². The number of carbonyl (C=O) groups is 2. The SMILES string of the molecule is CCCC#CCC(CC)OC(=O)CCCCCCCCC(=O)OCCCCCC. The zero-order chi connectivity index (χ0) is 21.6. The lowest BCUT2D eigenvalue weighted by molar-refractivity contribution is -0.149. The summed E-state index contributed by atoms with van der Waals surface area (Å²) in [6.07, 6.45) is 14.9. The molecular weight excluding hydrogens is 364 g/mol. The molecule has 0 N–H and O–H groups in total. The summed E-state index contributed by atoms with van der Waals surface area (Å²) in [6, 6.07) is 0. The van der Waals surface area contributed by atoms with Crippen LogP contribution < -0.4 is 0 Å². The third kappa shape index (κ3) is 19.6. The van der Waals surface area contributed by atoms with Gasteiger partial charge >= 0.3 is 11.9 Å². The van der Waals surface area contributed by atoms with Gasteiger partial charge in [-0.05, 0) is 32.1 Å². The van der Waals surface area contributed by atoms with Crippen LogP contribution in [0, 0.1) is 11.8 Å². The molecule has 29 heavy (non-hydrogen) atoms. The van der Waals surface area contributed by atoms with Gasteiger partial charge in [0, 0.05) is 25.7 Å². The van der Waals surface area contributed by atoms with Gasteiger partial charge in [0.1, 0.15) is 6.10 Å². The van der Waals surface area contributed by atoms with Crippen LogP contribution >= 0.6 is 0 Å². The van der Waals surface area contributed by atoms with Crippen molar-refractivity contribution >= 4 is 11.9 Å². The van der Waals surface area contributed by atoms with Crippen molar-refractivity contribution in [3.05, 3.63) is 0 Å². The van der Waals surface area contributed by atoms with E-state index in [0.717, 1.165) is 70.6 Å². The number of esters is 2. The van der Waals surface area contributed by atoms with Crippen LogP contribution in [-0.4, -0.2) is 24.6 Å². The van der Waals surface area contributed by atoms with Gasteiger partial charge in [-0.3, -0.25) is 9.59 Å². The Morgan fingerprint density at radius 1 is 0.724 bits per heavy atom. The summed E-state index contributed by atoms with van der Waals surface area (Å²) in [4.78, 5) is 23.5. The van der Waals surface area contributed by atoms with Crippen LogP contribution in [0.2, 0.25) is 0 Å². The minimum absolute atomic E-state index is 0.0610. The van der Waals surface area contributed by atoms with Gasteiger partial charge in [0.2, 0.25) is 0 Å². The molecule has 0 spiro atoms. The quantitative estimate of drug-likeness (QED) is 0.143. The summed E-state index contributed by atoms with van der Waals surface area (Å²) in [5.74, 6) is 6.05. The van der Waals surface area contributed by atoms with E-state index in [1.165, 1.54) is 12.8 Å². The van der Waals surface area contributed by atoms with Gasteiger partial charge in [-0.2, -0.15) is 0 Å². The van der Waals surface area contributed by atoms with Crippen molar-refractivity contribution in [2.24, 2.45) is 0 Å². The molecule has 0 saturated carbocycles. The van der Waals surface area contributed by atoms with Crippen LogP contribution in [0.1, 0.15) is 124 Å². The molecule has 4 nitrogen and oxygen atoms in total. The summed E-state index contributed by atoms with van der Waals surface area (Å²) in [7, 11) is 0. The zero-order valence-electron chi connectivity index (χ0n) is 19.2. The summed E-state index contributed by atoms with van der Waals surface area (Å²) in [5, 5.41) is 0. The van der Waals surface area contributed by atoms with Gasteiger partial charge in [0.15, 0.2) is 0 Å². The van der Waals surface area contributed by atoms with Crippen molar-refractivity contribution in [2.75, 3.05) is 6.61 Å². The molecule has 1 atom stereocenters. The predicted molar refractivity (Wildman–Crippen MR) is 120 cm³/mol. The van der Waals surface area contributed by atoms with E-state index < -0.39 is 0 Å². The minimum atomic E-state index is -0.101. The molecule has 0 saturated heterocycles. The first-order valence-electron chi connectivity index (χ1n) is 11.9. The molecule has 0 fully saturated rings. The summed E-state index contributed by atoms with van der Waals surface area (Å²) >= 11 is 0. The highest BCUT2D eigenvalue weighted by atomic mass is 16.5. The number of unbranched alkanes of at least 4 members (excludes halogenated alkanes) is 9. The maximum Gasteiger partial charge on any atom is 0.306 e. The second-order valence-electron chi connectivity index (χ2n) is 7.73. The molecule has 168 valence electrons. The average Bonchev–Trinajstić information content (AvgIpc) is 2.72. The number of rotatable bonds is 18. The average molecular weight is 409 g/mol. The van der Waals surface area contributed by atoms with Gasteiger partial charge in [-0.25, -0.2) is 0 Å². The maximum atomic E-state index is 11.9. The van der Waals surface area contributed by atoms with Gasteiger partial charge in [-0.1, -0.05) is 71.6 Å². The van der Waals surface area contributed by atoms with Crippen LogP contribution in [0.4, 0.5) is 0 Å². The molecule has 0 aliphatic carbocycles. The first-order valence-corrected chi connectivity index (χ1v) is 11.9. The van der Waals surface area contributed by atoms with Crippen LogP contribution in [-0.2, 0) is 19.1 Å². The van der Waals surface area contributed by atoms with Crippen LogP contribution in [0.3, 0.4) is 0 Å². The van der Waals surface area contributed by atoms with Crippen molar-refractivity contribution in [1.82, 2.24) is 0 Å². The molecule has 0 aliphatic rings. The zero-order valence-corrected chi connectivity index (χ0v) is 19.2. The highest BCUT2D eigenvalue weighted by Gasteiger charge is 2.11. The lowest BCUT2D eigenvalue weighted by atomic mass is 10.1. The molecule has 1 unspecified atom stereocenters. The highest BCUT2D eigenvalue weighted by molar-refractivity contribution is 5.69. The van der Waals surface area contributed by atoms with E-state index in [1.807, 2.05) is 6.92 Å². The van der Waals surface area contributed by atoms with E-state index in [-0.39, 0.29) is 18.0 Å². The fraction of sp³-hybridized carbons (Fsp3) is 0.840. The molecule has 0 bridgehead atoms. The van der Waals surface area contributed by atoms with E-state index in [9.17, 15) is 9.59 Å². The van der Waals surface area contributed by atoms with Gasteiger partial charge in [0.25, 0.3) is 0 Å². The molecule has 0 aliphatic heterocycles. The first-order chi connectivity index (χ1) is 14.1. The molecule has 0 radical (unpaired) electrons. The Balaban J connectivity index is 3.54. The fourth-order valence-corrected chi connectivity index (χ4v) is 2.95. The molecular formula is C25H44O4. The molecule has 0 heterocycles. The molecule has 0 aromatic carbocycles. The fourth-order valence-electron chi connectivity index (χ4n) is 2.95. The van der Waals surface area contributed by atoms with Crippen molar-refractivity contribution in [3.63, 3.8) is 0 Å². The third-order valence-electron chi connectivity index (χ3n) is 4.86. The lowest BCUT2D eigenvalue weighted by Gasteiger charge is -2.13. The molecule has 0 aromatic rings. The Morgan fingerprint density at radius 2 is 1.34 bits per heavy atom.